The Hall–Kier alpha value is 0.0200. The highest BCUT2D eigenvalue weighted by molar-refractivity contribution is 7.36. The summed E-state index contributed by atoms with van der Waals surface area (Å²) in [6.07, 6.45) is 0.0409. The van der Waals surface area contributed by atoms with E-state index in [0.29, 0.717) is 0 Å². The molecular weight excluding hydrogens is 161 g/mol. The van der Waals surface area contributed by atoms with Gasteiger partial charge in [-0.2, -0.15) is 0 Å². The summed E-state index contributed by atoms with van der Waals surface area (Å²) in [7, 11) is -1.60. The van der Waals surface area contributed by atoms with Crippen molar-refractivity contribution in [2.45, 2.75) is 33.8 Å². The summed E-state index contributed by atoms with van der Waals surface area (Å²) in [4.78, 5) is 0. The highest BCUT2D eigenvalue weighted by Crippen LogP contribution is 2.28. The molecule has 66 valence electrons. The van der Waals surface area contributed by atoms with Crippen molar-refractivity contribution in [3.8, 4) is 0 Å². The zero-order chi connectivity index (χ0) is 8.85. The summed E-state index contributed by atoms with van der Waals surface area (Å²) >= 11 is 0. The van der Waals surface area contributed by atoms with Crippen LogP contribution in [0.25, 0.3) is 0 Å². The van der Waals surface area contributed by atoms with Gasteiger partial charge in [0.25, 0.3) is 0 Å². The average Bonchev–Trinajstić information content (AvgIpc) is 1.88. The minimum Gasteiger partial charge on any atom is -0.127 e. The molecule has 0 saturated carbocycles. The molecule has 0 aromatic carbocycles. The maximum atomic E-state index is 11.3. The maximum absolute atomic E-state index is 11.3. The monoisotopic (exact) mass is 178 g/mol. The highest BCUT2D eigenvalue weighted by Gasteiger charge is 2.27. The molecule has 0 aliphatic carbocycles. The Bertz CT molecular complexity index is 124. The molecule has 0 aromatic heterocycles. The van der Waals surface area contributed by atoms with Crippen molar-refractivity contribution in [1.82, 2.24) is 4.67 Å². The van der Waals surface area contributed by atoms with Crippen LogP contribution in [0.3, 0.4) is 0 Å². The number of hydrogen-bond donors (Lipinski definition) is 0. The van der Waals surface area contributed by atoms with Crippen LogP contribution in [0.2, 0.25) is 0 Å². The molecule has 11 heavy (non-hydrogen) atoms. The Morgan fingerprint density at radius 2 is 1.82 bits per heavy atom. The van der Waals surface area contributed by atoms with Gasteiger partial charge < -0.3 is 0 Å². The molecule has 1 atom stereocenters. The van der Waals surface area contributed by atoms with Gasteiger partial charge in [0.15, 0.2) is 0 Å². The van der Waals surface area contributed by atoms with Gasteiger partial charge in [0.2, 0.25) is 0 Å². The Balaban J connectivity index is 3.79. The standard InChI is InChI=1S/C7H17NO2P/c1-5-8(6-2)11(9)10-7(3)4/h7H,5-6H2,1-4H3/q+1. The quantitative estimate of drug-likeness (QED) is 0.605. The van der Waals surface area contributed by atoms with Gasteiger partial charge in [0, 0.05) is 13.1 Å². The van der Waals surface area contributed by atoms with Crippen LogP contribution in [0.1, 0.15) is 27.7 Å². The minimum atomic E-state index is -1.60. The van der Waals surface area contributed by atoms with Crippen LogP contribution >= 0.6 is 8.18 Å². The van der Waals surface area contributed by atoms with Gasteiger partial charge in [0.05, 0.1) is 0 Å². The van der Waals surface area contributed by atoms with Crippen LogP contribution in [0.4, 0.5) is 0 Å². The van der Waals surface area contributed by atoms with Crippen molar-refractivity contribution in [2.24, 2.45) is 0 Å². The molecule has 0 aliphatic heterocycles. The van der Waals surface area contributed by atoms with Crippen LogP contribution in [0.5, 0.6) is 0 Å². The highest BCUT2D eigenvalue weighted by atomic mass is 31.1. The summed E-state index contributed by atoms with van der Waals surface area (Å²) in [6.45, 7) is 9.27. The zero-order valence-electron chi connectivity index (χ0n) is 7.70. The van der Waals surface area contributed by atoms with Crippen LogP contribution in [0.15, 0.2) is 0 Å². The lowest BCUT2D eigenvalue weighted by molar-refractivity contribution is 0.227. The lowest BCUT2D eigenvalue weighted by atomic mass is 10.5. The Kier molecular flexibility index (Phi) is 5.65. The van der Waals surface area contributed by atoms with Gasteiger partial charge in [-0.3, -0.25) is 0 Å². The molecule has 0 bridgehead atoms. The molecule has 0 aromatic rings. The van der Waals surface area contributed by atoms with E-state index in [0.717, 1.165) is 13.1 Å². The van der Waals surface area contributed by atoms with Crippen LogP contribution < -0.4 is 0 Å². The van der Waals surface area contributed by atoms with E-state index >= 15 is 0 Å². The normalized spacial score (nSPS) is 12.7. The molecule has 0 heterocycles. The second-order valence-electron chi connectivity index (χ2n) is 2.53. The van der Waals surface area contributed by atoms with Gasteiger partial charge in [-0.05, 0) is 32.3 Å². The molecule has 0 radical (unpaired) electrons. The molecule has 4 heteroatoms. The van der Waals surface area contributed by atoms with E-state index in [2.05, 4.69) is 0 Å². The molecular formula is C7H17NO2P+. The first-order valence-corrected chi connectivity index (χ1v) is 5.13. The first kappa shape index (κ1) is 11.0. The number of hydrogen-bond acceptors (Lipinski definition) is 2. The predicted molar refractivity (Wildman–Crippen MR) is 46.7 cm³/mol. The number of nitrogens with zero attached hydrogens (tertiary/aromatic N) is 1. The Morgan fingerprint density at radius 3 is 2.09 bits per heavy atom. The fourth-order valence-electron chi connectivity index (χ4n) is 0.702. The molecule has 0 fully saturated rings. The van der Waals surface area contributed by atoms with Crippen LogP contribution in [0, 0.1) is 0 Å². The van der Waals surface area contributed by atoms with E-state index < -0.39 is 8.18 Å². The average molecular weight is 178 g/mol. The smallest absolute Gasteiger partial charge is 0.127 e. The van der Waals surface area contributed by atoms with Crippen molar-refractivity contribution >= 4 is 8.18 Å². The van der Waals surface area contributed by atoms with Gasteiger partial charge in [-0.15, -0.1) is 4.52 Å². The predicted octanol–water partition coefficient (Wildman–Crippen LogP) is 2.41. The van der Waals surface area contributed by atoms with Crippen molar-refractivity contribution in [3.63, 3.8) is 0 Å². The maximum Gasteiger partial charge on any atom is 0.616 e. The molecule has 0 amide bonds. The van der Waals surface area contributed by atoms with E-state index in [1.54, 1.807) is 4.67 Å². The van der Waals surface area contributed by atoms with Gasteiger partial charge in [-0.25, -0.2) is 0 Å². The zero-order valence-corrected chi connectivity index (χ0v) is 8.60. The van der Waals surface area contributed by atoms with E-state index in [4.69, 9.17) is 4.52 Å². The number of rotatable bonds is 5. The molecule has 0 aliphatic rings. The summed E-state index contributed by atoms with van der Waals surface area (Å²) in [5, 5.41) is 0. The third kappa shape index (κ3) is 4.46. The first-order valence-electron chi connectivity index (χ1n) is 4.00. The largest absolute Gasteiger partial charge is 0.616 e. The van der Waals surface area contributed by atoms with Crippen molar-refractivity contribution < 1.29 is 9.09 Å². The first-order chi connectivity index (χ1) is 5.11. The fourth-order valence-corrected chi connectivity index (χ4v) is 1.66. The summed E-state index contributed by atoms with van der Waals surface area (Å²) < 4.78 is 18.2. The van der Waals surface area contributed by atoms with E-state index in [1.165, 1.54) is 0 Å². The van der Waals surface area contributed by atoms with Gasteiger partial charge >= 0.3 is 8.18 Å². The molecule has 3 nitrogen and oxygen atoms in total. The third-order valence-electron chi connectivity index (χ3n) is 1.26. The van der Waals surface area contributed by atoms with E-state index in [9.17, 15) is 4.57 Å². The van der Waals surface area contributed by atoms with Crippen molar-refractivity contribution in [2.75, 3.05) is 13.1 Å². The second-order valence-corrected chi connectivity index (χ2v) is 3.78. The molecule has 0 saturated heterocycles. The molecule has 0 rings (SSSR count). The minimum absolute atomic E-state index is 0.0409. The summed E-state index contributed by atoms with van der Waals surface area (Å²) in [5.74, 6) is 0. The van der Waals surface area contributed by atoms with E-state index in [1.807, 2.05) is 27.7 Å². The topological polar surface area (TPSA) is 29.5 Å². The fraction of sp³-hybridized carbons (Fsp3) is 1.00. The van der Waals surface area contributed by atoms with Crippen molar-refractivity contribution in [3.05, 3.63) is 0 Å². The van der Waals surface area contributed by atoms with Crippen LogP contribution in [-0.4, -0.2) is 23.9 Å². The molecule has 1 unspecified atom stereocenters. The SMILES string of the molecule is CCN(CC)[P+](=O)OC(C)C. The van der Waals surface area contributed by atoms with Crippen molar-refractivity contribution in [1.29, 1.82) is 0 Å². The lowest BCUT2D eigenvalue weighted by Gasteiger charge is -2.03. The molecule has 0 spiro atoms. The van der Waals surface area contributed by atoms with E-state index in [-0.39, 0.29) is 6.10 Å². The Labute approximate surface area is 69.6 Å². The van der Waals surface area contributed by atoms with Gasteiger partial charge in [-0.1, -0.05) is 4.67 Å². The third-order valence-corrected chi connectivity index (χ3v) is 2.89. The summed E-state index contributed by atoms with van der Waals surface area (Å²) in [5.41, 5.74) is 0. The van der Waals surface area contributed by atoms with Crippen LogP contribution in [-0.2, 0) is 9.09 Å². The second kappa shape index (κ2) is 5.64. The molecule has 0 N–H and O–H groups in total. The summed E-state index contributed by atoms with van der Waals surface area (Å²) in [6, 6.07) is 0. The lowest BCUT2D eigenvalue weighted by Crippen LogP contribution is -2.16. The van der Waals surface area contributed by atoms with Gasteiger partial charge in [0.1, 0.15) is 6.10 Å². The Morgan fingerprint density at radius 1 is 1.36 bits per heavy atom.